The van der Waals surface area contributed by atoms with E-state index in [1.165, 1.54) is 0 Å². The second kappa shape index (κ2) is 11.3. The fourth-order valence-electron chi connectivity index (χ4n) is 1.91. The molecular weight excluding hydrogens is 272 g/mol. The van der Waals surface area contributed by atoms with E-state index in [0.29, 0.717) is 12.3 Å². The zero-order chi connectivity index (χ0) is 16.3. The van der Waals surface area contributed by atoms with Gasteiger partial charge < -0.3 is 10.4 Å². The number of hydrogen-bond donors (Lipinski definition) is 3. The maximum Gasteiger partial charge on any atom is 0.303 e. The standard InChI is InChI=1S/C15H28N2O4/c1-4-5-6-9-16-12(10-11(2)3)15(21)17-13(18)7-8-14(19)20/h11-12,16H,4-10H2,1-3H3,(H,19,20)(H,17,18,21). The van der Waals surface area contributed by atoms with Gasteiger partial charge in [0.15, 0.2) is 0 Å². The second-order valence-corrected chi connectivity index (χ2v) is 5.65. The molecule has 122 valence electrons. The molecule has 0 radical (unpaired) electrons. The van der Waals surface area contributed by atoms with Crippen LogP contribution in [0.2, 0.25) is 0 Å². The van der Waals surface area contributed by atoms with Crippen LogP contribution in [0.5, 0.6) is 0 Å². The van der Waals surface area contributed by atoms with Gasteiger partial charge in [0, 0.05) is 6.42 Å². The summed E-state index contributed by atoms with van der Waals surface area (Å²) in [6.07, 6.45) is 3.40. The maximum absolute atomic E-state index is 12.1. The zero-order valence-corrected chi connectivity index (χ0v) is 13.3. The lowest BCUT2D eigenvalue weighted by Crippen LogP contribution is -2.47. The van der Waals surface area contributed by atoms with Gasteiger partial charge in [0.25, 0.3) is 0 Å². The van der Waals surface area contributed by atoms with E-state index in [9.17, 15) is 14.4 Å². The Bertz CT molecular complexity index is 343. The first-order valence-corrected chi connectivity index (χ1v) is 7.65. The quantitative estimate of drug-likeness (QED) is 0.505. The van der Waals surface area contributed by atoms with Gasteiger partial charge in [-0.3, -0.25) is 19.7 Å². The number of carbonyl (C=O) groups is 3. The molecule has 0 rings (SSSR count). The first kappa shape index (κ1) is 19.6. The summed E-state index contributed by atoms with van der Waals surface area (Å²) in [5, 5.41) is 14.0. The molecule has 0 aliphatic rings. The van der Waals surface area contributed by atoms with Crippen LogP contribution in [-0.2, 0) is 14.4 Å². The molecule has 21 heavy (non-hydrogen) atoms. The van der Waals surface area contributed by atoms with Crippen molar-refractivity contribution in [3.05, 3.63) is 0 Å². The Morgan fingerprint density at radius 1 is 1.10 bits per heavy atom. The molecule has 6 nitrogen and oxygen atoms in total. The molecule has 0 spiro atoms. The largest absolute Gasteiger partial charge is 0.481 e. The Kier molecular flexibility index (Phi) is 10.5. The maximum atomic E-state index is 12.1. The molecule has 6 heteroatoms. The van der Waals surface area contributed by atoms with Crippen LogP contribution in [0, 0.1) is 5.92 Å². The molecule has 0 saturated heterocycles. The first-order chi connectivity index (χ1) is 9.86. The average Bonchev–Trinajstić information content (AvgIpc) is 2.39. The molecule has 1 unspecified atom stereocenters. The summed E-state index contributed by atoms with van der Waals surface area (Å²) in [5.74, 6) is -1.62. The number of carboxylic acids is 1. The second-order valence-electron chi connectivity index (χ2n) is 5.65. The van der Waals surface area contributed by atoms with Gasteiger partial charge >= 0.3 is 5.97 Å². The van der Waals surface area contributed by atoms with E-state index in [-0.39, 0.29) is 18.7 Å². The van der Waals surface area contributed by atoms with Crippen molar-refractivity contribution in [1.29, 1.82) is 0 Å². The number of carbonyl (C=O) groups excluding carboxylic acids is 2. The minimum absolute atomic E-state index is 0.175. The van der Waals surface area contributed by atoms with E-state index >= 15 is 0 Å². The van der Waals surface area contributed by atoms with Gasteiger partial charge in [-0.15, -0.1) is 0 Å². The highest BCUT2D eigenvalue weighted by atomic mass is 16.4. The van der Waals surface area contributed by atoms with Crippen LogP contribution in [-0.4, -0.2) is 35.5 Å². The number of nitrogens with one attached hydrogen (secondary N) is 2. The minimum atomic E-state index is -1.05. The summed E-state index contributed by atoms with van der Waals surface area (Å²) in [5.41, 5.74) is 0. The minimum Gasteiger partial charge on any atom is -0.481 e. The Labute approximate surface area is 126 Å². The van der Waals surface area contributed by atoms with Crippen molar-refractivity contribution in [1.82, 2.24) is 10.6 Å². The highest BCUT2D eigenvalue weighted by Gasteiger charge is 2.21. The third-order valence-corrected chi connectivity index (χ3v) is 3.02. The molecule has 0 aliphatic heterocycles. The van der Waals surface area contributed by atoms with Crippen LogP contribution in [0.25, 0.3) is 0 Å². The lowest BCUT2D eigenvalue weighted by Gasteiger charge is -2.19. The van der Waals surface area contributed by atoms with Crippen LogP contribution in [0.3, 0.4) is 0 Å². The van der Waals surface area contributed by atoms with Gasteiger partial charge in [-0.25, -0.2) is 0 Å². The number of carboxylic acid groups (broad SMARTS) is 1. The van der Waals surface area contributed by atoms with Gasteiger partial charge in [0.05, 0.1) is 12.5 Å². The summed E-state index contributed by atoms with van der Waals surface area (Å²) >= 11 is 0. The van der Waals surface area contributed by atoms with Gasteiger partial charge in [0.2, 0.25) is 11.8 Å². The van der Waals surface area contributed by atoms with Gasteiger partial charge in [-0.2, -0.15) is 0 Å². The highest BCUT2D eigenvalue weighted by molar-refractivity contribution is 5.98. The summed E-state index contributed by atoms with van der Waals surface area (Å²) in [4.78, 5) is 34.0. The van der Waals surface area contributed by atoms with E-state index in [0.717, 1.165) is 25.8 Å². The Morgan fingerprint density at radius 2 is 1.76 bits per heavy atom. The van der Waals surface area contributed by atoms with E-state index in [2.05, 4.69) is 17.6 Å². The van der Waals surface area contributed by atoms with Crippen LogP contribution < -0.4 is 10.6 Å². The van der Waals surface area contributed by atoms with Crippen molar-refractivity contribution < 1.29 is 19.5 Å². The fraction of sp³-hybridized carbons (Fsp3) is 0.800. The third-order valence-electron chi connectivity index (χ3n) is 3.02. The molecule has 0 fully saturated rings. The van der Waals surface area contributed by atoms with Gasteiger partial charge in [-0.1, -0.05) is 33.6 Å². The molecule has 0 aromatic carbocycles. The number of imide groups is 1. The Hall–Kier alpha value is -1.43. The van der Waals surface area contributed by atoms with Crippen molar-refractivity contribution in [2.75, 3.05) is 6.54 Å². The Morgan fingerprint density at radius 3 is 2.29 bits per heavy atom. The van der Waals surface area contributed by atoms with E-state index < -0.39 is 17.9 Å². The van der Waals surface area contributed by atoms with E-state index in [4.69, 9.17) is 5.11 Å². The lowest BCUT2D eigenvalue weighted by molar-refractivity contribution is -0.140. The lowest BCUT2D eigenvalue weighted by atomic mass is 10.0. The van der Waals surface area contributed by atoms with Crippen molar-refractivity contribution in [2.45, 2.75) is 65.3 Å². The molecule has 3 N–H and O–H groups in total. The zero-order valence-electron chi connectivity index (χ0n) is 13.3. The number of amides is 2. The molecule has 0 aliphatic carbocycles. The average molecular weight is 300 g/mol. The molecule has 0 aromatic rings. The molecule has 0 aromatic heterocycles. The van der Waals surface area contributed by atoms with Crippen molar-refractivity contribution in [2.24, 2.45) is 5.92 Å². The predicted molar refractivity (Wildman–Crippen MR) is 80.8 cm³/mol. The van der Waals surface area contributed by atoms with Crippen LogP contribution >= 0.6 is 0 Å². The van der Waals surface area contributed by atoms with E-state index in [1.807, 2.05) is 13.8 Å². The number of rotatable bonds is 11. The van der Waals surface area contributed by atoms with Crippen molar-refractivity contribution >= 4 is 17.8 Å². The predicted octanol–water partition coefficient (Wildman–Crippen LogP) is 1.69. The van der Waals surface area contributed by atoms with Crippen molar-refractivity contribution in [3.63, 3.8) is 0 Å². The molecule has 2 amide bonds. The molecule has 1 atom stereocenters. The van der Waals surface area contributed by atoms with Crippen molar-refractivity contribution in [3.8, 4) is 0 Å². The molecule has 0 saturated carbocycles. The summed E-state index contributed by atoms with van der Waals surface area (Å²) in [6, 6.07) is -0.407. The summed E-state index contributed by atoms with van der Waals surface area (Å²) in [7, 11) is 0. The molecule has 0 heterocycles. The number of unbranched alkanes of at least 4 members (excludes halogenated alkanes) is 2. The number of aliphatic carboxylic acids is 1. The van der Waals surface area contributed by atoms with Crippen LogP contribution in [0.1, 0.15) is 59.3 Å². The van der Waals surface area contributed by atoms with Gasteiger partial charge in [-0.05, 0) is 25.3 Å². The third kappa shape index (κ3) is 11.0. The topological polar surface area (TPSA) is 95.5 Å². The normalized spacial score (nSPS) is 12.2. The molecular formula is C15H28N2O4. The SMILES string of the molecule is CCCCCNC(CC(C)C)C(=O)NC(=O)CCC(=O)O. The number of hydrogen-bond acceptors (Lipinski definition) is 4. The van der Waals surface area contributed by atoms with Gasteiger partial charge in [0.1, 0.15) is 0 Å². The smallest absolute Gasteiger partial charge is 0.303 e. The first-order valence-electron chi connectivity index (χ1n) is 7.65. The Balaban J connectivity index is 4.29. The summed E-state index contributed by atoms with van der Waals surface area (Å²) in [6.45, 7) is 6.88. The van der Waals surface area contributed by atoms with Crippen LogP contribution in [0.15, 0.2) is 0 Å². The monoisotopic (exact) mass is 300 g/mol. The van der Waals surface area contributed by atoms with E-state index in [1.54, 1.807) is 0 Å². The fourth-order valence-corrected chi connectivity index (χ4v) is 1.91. The highest BCUT2D eigenvalue weighted by Crippen LogP contribution is 2.06. The van der Waals surface area contributed by atoms with Crippen LogP contribution in [0.4, 0.5) is 0 Å². The summed E-state index contributed by atoms with van der Waals surface area (Å²) < 4.78 is 0. The molecule has 0 bridgehead atoms.